The Morgan fingerprint density at radius 2 is 1.68 bits per heavy atom. The zero-order valence-corrected chi connectivity index (χ0v) is 11.7. The maximum absolute atomic E-state index is 12.3. The highest BCUT2D eigenvalue weighted by atomic mass is 19.4. The molecular weight excluding hydrogens is 255 g/mol. The molecule has 6 heteroatoms. The SMILES string of the molecule is CNCC(C)Cc1c(C)nc(CC(F)(F)F)nc1C. The van der Waals surface area contributed by atoms with Gasteiger partial charge in [0.2, 0.25) is 0 Å². The second-order valence-electron chi connectivity index (χ2n) is 4.95. The topological polar surface area (TPSA) is 37.8 Å². The van der Waals surface area contributed by atoms with E-state index in [1.807, 2.05) is 7.05 Å². The van der Waals surface area contributed by atoms with E-state index in [9.17, 15) is 13.2 Å². The predicted octanol–water partition coefficient (Wildman–Crippen LogP) is 2.60. The van der Waals surface area contributed by atoms with Crippen LogP contribution in [0, 0.1) is 19.8 Å². The van der Waals surface area contributed by atoms with Crippen molar-refractivity contribution in [3.8, 4) is 0 Å². The molecular formula is C13H20F3N3. The molecule has 0 amide bonds. The summed E-state index contributed by atoms with van der Waals surface area (Å²) in [5.74, 6) is 0.243. The van der Waals surface area contributed by atoms with Crippen LogP contribution in [0.25, 0.3) is 0 Å². The highest BCUT2D eigenvalue weighted by Gasteiger charge is 2.29. The van der Waals surface area contributed by atoms with Gasteiger partial charge in [-0.25, -0.2) is 9.97 Å². The van der Waals surface area contributed by atoms with Crippen LogP contribution in [0.4, 0.5) is 13.2 Å². The molecule has 0 bridgehead atoms. The third-order valence-electron chi connectivity index (χ3n) is 2.93. The Morgan fingerprint density at radius 1 is 1.16 bits per heavy atom. The molecule has 0 aliphatic carbocycles. The van der Waals surface area contributed by atoms with Gasteiger partial charge in [0.25, 0.3) is 0 Å². The minimum Gasteiger partial charge on any atom is -0.319 e. The molecule has 0 saturated heterocycles. The van der Waals surface area contributed by atoms with Crippen LogP contribution in [-0.2, 0) is 12.8 Å². The molecule has 19 heavy (non-hydrogen) atoms. The lowest BCUT2D eigenvalue weighted by atomic mass is 9.98. The van der Waals surface area contributed by atoms with Gasteiger partial charge in [0.05, 0.1) is 0 Å². The van der Waals surface area contributed by atoms with Gasteiger partial charge in [-0.1, -0.05) is 6.92 Å². The predicted molar refractivity (Wildman–Crippen MR) is 68.1 cm³/mol. The molecule has 3 nitrogen and oxygen atoms in total. The third kappa shape index (κ3) is 5.14. The van der Waals surface area contributed by atoms with Crippen molar-refractivity contribution in [1.29, 1.82) is 0 Å². The van der Waals surface area contributed by atoms with E-state index in [1.165, 1.54) is 0 Å². The van der Waals surface area contributed by atoms with Crippen molar-refractivity contribution in [3.63, 3.8) is 0 Å². The average Bonchev–Trinajstić information content (AvgIpc) is 2.21. The number of hydrogen-bond acceptors (Lipinski definition) is 3. The number of nitrogens with one attached hydrogen (secondary N) is 1. The first kappa shape index (κ1) is 15.9. The average molecular weight is 275 g/mol. The highest BCUT2D eigenvalue weighted by molar-refractivity contribution is 5.25. The Balaban J connectivity index is 2.91. The molecule has 0 spiro atoms. The summed E-state index contributed by atoms with van der Waals surface area (Å²) in [5, 5.41) is 3.08. The van der Waals surface area contributed by atoms with E-state index in [2.05, 4.69) is 22.2 Å². The first-order chi connectivity index (χ1) is 8.73. The van der Waals surface area contributed by atoms with Crippen molar-refractivity contribution in [2.75, 3.05) is 13.6 Å². The van der Waals surface area contributed by atoms with Crippen LogP contribution < -0.4 is 5.32 Å². The van der Waals surface area contributed by atoms with Gasteiger partial charge in [-0.3, -0.25) is 0 Å². The van der Waals surface area contributed by atoms with E-state index < -0.39 is 12.6 Å². The van der Waals surface area contributed by atoms with E-state index in [4.69, 9.17) is 0 Å². The molecule has 0 radical (unpaired) electrons. The lowest BCUT2D eigenvalue weighted by molar-refractivity contribution is -0.128. The van der Waals surface area contributed by atoms with Gasteiger partial charge in [-0.05, 0) is 45.3 Å². The van der Waals surface area contributed by atoms with E-state index >= 15 is 0 Å². The first-order valence-corrected chi connectivity index (χ1v) is 6.27. The molecule has 1 aromatic heterocycles. The van der Waals surface area contributed by atoms with Gasteiger partial charge in [0.1, 0.15) is 12.2 Å². The number of halogens is 3. The van der Waals surface area contributed by atoms with Crippen LogP contribution in [0.15, 0.2) is 0 Å². The number of nitrogens with zero attached hydrogens (tertiary/aromatic N) is 2. The minimum absolute atomic E-state index is 0.146. The fourth-order valence-corrected chi connectivity index (χ4v) is 2.13. The molecule has 1 N–H and O–H groups in total. The third-order valence-corrected chi connectivity index (χ3v) is 2.93. The normalized spacial score (nSPS) is 13.6. The zero-order valence-electron chi connectivity index (χ0n) is 11.7. The van der Waals surface area contributed by atoms with Crippen LogP contribution in [0.3, 0.4) is 0 Å². The Kier molecular flexibility index (Phi) is 5.29. The minimum atomic E-state index is -4.26. The molecule has 0 aliphatic heterocycles. The maximum atomic E-state index is 12.3. The quantitative estimate of drug-likeness (QED) is 0.897. The molecule has 1 heterocycles. The standard InChI is InChI=1S/C13H20F3N3/c1-8(7-17-4)5-11-9(2)18-12(19-10(11)3)6-13(14,15)16/h8,17H,5-7H2,1-4H3. The van der Waals surface area contributed by atoms with E-state index in [0.29, 0.717) is 17.3 Å². The first-order valence-electron chi connectivity index (χ1n) is 6.27. The molecule has 108 valence electrons. The van der Waals surface area contributed by atoms with Gasteiger partial charge in [0.15, 0.2) is 0 Å². The number of rotatable bonds is 5. The van der Waals surface area contributed by atoms with Gasteiger partial charge < -0.3 is 5.32 Å². The molecule has 0 saturated carbocycles. The highest BCUT2D eigenvalue weighted by Crippen LogP contribution is 2.21. The zero-order chi connectivity index (χ0) is 14.6. The molecule has 1 aromatic rings. The van der Waals surface area contributed by atoms with Gasteiger partial charge in [0, 0.05) is 11.4 Å². The van der Waals surface area contributed by atoms with Crippen molar-refractivity contribution in [1.82, 2.24) is 15.3 Å². The number of aromatic nitrogens is 2. The lowest BCUT2D eigenvalue weighted by Gasteiger charge is -2.15. The van der Waals surface area contributed by atoms with Crippen molar-refractivity contribution >= 4 is 0 Å². The van der Waals surface area contributed by atoms with Crippen molar-refractivity contribution in [3.05, 3.63) is 22.8 Å². The smallest absolute Gasteiger partial charge is 0.319 e. The summed E-state index contributed by atoms with van der Waals surface area (Å²) in [4.78, 5) is 7.96. The van der Waals surface area contributed by atoms with Crippen LogP contribution in [0.5, 0.6) is 0 Å². The lowest BCUT2D eigenvalue weighted by Crippen LogP contribution is -2.20. The largest absolute Gasteiger partial charge is 0.396 e. The summed E-state index contributed by atoms with van der Waals surface area (Å²) in [5.41, 5.74) is 2.25. The van der Waals surface area contributed by atoms with Crippen molar-refractivity contribution < 1.29 is 13.2 Å². The molecule has 0 fully saturated rings. The van der Waals surface area contributed by atoms with Gasteiger partial charge in [-0.15, -0.1) is 0 Å². The van der Waals surface area contributed by atoms with E-state index in [0.717, 1.165) is 18.5 Å². The summed E-state index contributed by atoms with van der Waals surface area (Å²) >= 11 is 0. The molecule has 1 rings (SSSR count). The second kappa shape index (κ2) is 6.32. The van der Waals surface area contributed by atoms with E-state index in [1.54, 1.807) is 13.8 Å². The van der Waals surface area contributed by atoms with Gasteiger partial charge in [-0.2, -0.15) is 13.2 Å². The van der Waals surface area contributed by atoms with Crippen LogP contribution >= 0.6 is 0 Å². The summed E-state index contributed by atoms with van der Waals surface area (Å²) in [6.45, 7) is 6.42. The van der Waals surface area contributed by atoms with Crippen LogP contribution in [0.2, 0.25) is 0 Å². The molecule has 0 aliphatic rings. The molecule has 0 aromatic carbocycles. The van der Waals surface area contributed by atoms with Crippen LogP contribution in [-0.4, -0.2) is 29.7 Å². The van der Waals surface area contributed by atoms with Crippen LogP contribution in [0.1, 0.15) is 29.7 Å². The number of alkyl halides is 3. The molecule has 1 atom stereocenters. The monoisotopic (exact) mass is 275 g/mol. The second-order valence-corrected chi connectivity index (χ2v) is 4.95. The van der Waals surface area contributed by atoms with E-state index in [-0.39, 0.29) is 5.82 Å². The Morgan fingerprint density at radius 3 is 2.11 bits per heavy atom. The Bertz CT molecular complexity index is 407. The summed E-state index contributed by atoms with van der Waals surface area (Å²) in [7, 11) is 1.87. The van der Waals surface area contributed by atoms with Crippen molar-refractivity contribution in [2.45, 2.75) is 39.8 Å². The Hall–Kier alpha value is -1.17. The fourth-order valence-electron chi connectivity index (χ4n) is 2.13. The van der Waals surface area contributed by atoms with Crippen molar-refractivity contribution in [2.24, 2.45) is 5.92 Å². The fraction of sp³-hybridized carbons (Fsp3) is 0.692. The number of hydrogen-bond donors (Lipinski definition) is 1. The van der Waals surface area contributed by atoms with Gasteiger partial charge >= 0.3 is 6.18 Å². The Labute approximate surface area is 111 Å². The summed E-state index contributed by atoms with van der Waals surface area (Å²) in [6.07, 6.45) is -4.56. The maximum Gasteiger partial charge on any atom is 0.396 e. The summed E-state index contributed by atoms with van der Waals surface area (Å²) in [6, 6.07) is 0. The number of aryl methyl sites for hydroxylation is 2. The summed E-state index contributed by atoms with van der Waals surface area (Å²) < 4.78 is 37.0. The molecule has 1 unspecified atom stereocenters.